The number of hydrogen-bond donors (Lipinski definition) is 3. The summed E-state index contributed by atoms with van der Waals surface area (Å²) in [5.74, 6) is 0. The van der Waals surface area contributed by atoms with E-state index in [0.29, 0.717) is 0 Å². The van der Waals surface area contributed by atoms with Crippen molar-refractivity contribution < 1.29 is 56.2 Å². The summed E-state index contributed by atoms with van der Waals surface area (Å²) in [7, 11) is 0. The molecule has 0 rings (SSSR count). The van der Waals surface area contributed by atoms with Gasteiger partial charge in [0.25, 0.3) is 0 Å². The van der Waals surface area contributed by atoms with E-state index in [2.05, 4.69) is 0 Å². The van der Waals surface area contributed by atoms with E-state index in [9.17, 15) is 0 Å². The predicted molar refractivity (Wildman–Crippen MR) is 52.1 cm³/mol. The molecule has 0 bridgehead atoms. The second-order valence-corrected chi connectivity index (χ2v) is 3.28. The van der Waals surface area contributed by atoms with Crippen LogP contribution in [0.3, 0.4) is 0 Å². The van der Waals surface area contributed by atoms with E-state index in [1.54, 1.807) is 41.5 Å². The van der Waals surface area contributed by atoms with E-state index in [0.717, 1.165) is 0 Å². The smallest absolute Gasteiger partial charge is 0.0483 e. The Morgan fingerprint density at radius 2 is 0.538 bits per heavy atom. The number of aliphatic hydroxyl groups is 3. The molecule has 0 saturated carbocycles. The van der Waals surface area contributed by atoms with Crippen molar-refractivity contribution in [2.75, 3.05) is 0 Å². The summed E-state index contributed by atoms with van der Waals surface area (Å²) in [4.78, 5) is 0. The first kappa shape index (κ1) is 23.8. The summed E-state index contributed by atoms with van der Waals surface area (Å²) in [6.45, 7) is 10.3. The molecule has 0 amide bonds. The van der Waals surface area contributed by atoms with Crippen LogP contribution in [-0.2, 0) is 0 Å². The molecule has 0 saturated heterocycles. The first-order chi connectivity index (χ1) is 5.20. The summed E-state index contributed by atoms with van der Waals surface area (Å²) < 4.78 is 0. The molecule has 13 heavy (non-hydrogen) atoms. The van der Waals surface area contributed by atoms with Gasteiger partial charge in [0.15, 0.2) is 0 Å². The van der Waals surface area contributed by atoms with Crippen LogP contribution in [0.15, 0.2) is 0 Å². The van der Waals surface area contributed by atoms with Gasteiger partial charge in [-0.1, -0.05) is 0 Å². The summed E-state index contributed by atoms with van der Waals surface area (Å²) in [6, 6.07) is 0. The van der Waals surface area contributed by atoms with Crippen LogP contribution < -0.4 is 0 Å². The molecular weight excluding hydrogens is 300 g/mol. The van der Waals surface area contributed by atoms with Crippen molar-refractivity contribution in [2.45, 2.75) is 59.9 Å². The number of hydrogen-bond acceptors (Lipinski definition) is 3. The maximum atomic E-state index is 8.06. The van der Waals surface area contributed by atoms with Gasteiger partial charge in [-0.2, -0.15) is 0 Å². The van der Waals surface area contributed by atoms with Gasteiger partial charge in [0.2, 0.25) is 0 Å². The Bertz CT molecular complexity index is 43.4. The summed E-state index contributed by atoms with van der Waals surface area (Å²) in [6.07, 6.45) is -0.500. The Labute approximate surface area is 115 Å². The fourth-order valence-electron chi connectivity index (χ4n) is 0. The molecule has 0 aromatic heterocycles. The third kappa shape index (κ3) is 1100. The minimum atomic E-state index is -0.167. The van der Waals surface area contributed by atoms with Gasteiger partial charge in [0, 0.05) is 59.2 Å². The molecule has 3 nitrogen and oxygen atoms in total. The van der Waals surface area contributed by atoms with Gasteiger partial charge >= 0.3 is 0 Å². The van der Waals surface area contributed by atoms with Crippen LogP contribution >= 0.6 is 0 Å². The van der Waals surface area contributed by atoms with Crippen LogP contribution in [0.4, 0.5) is 0 Å². The van der Waals surface area contributed by atoms with Gasteiger partial charge in [-0.3, -0.25) is 0 Å². The van der Waals surface area contributed by atoms with E-state index in [1.807, 2.05) is 0 Å². The standard InChI is InChI=1S/3C3H8O.Nd/c3*1-3(2)4;/h3*3-4H,1-2H3;. The third-order valence-electron chi connectivity index (χ3n) is 0. The molecule has 82 valence electrons. The van der Waals surface area contributed by atoms with Crippen molar-refractivity contribution >= 4 is 0 Å². The Balaban J connectivity index is -0.0000000450. The Kier molecular flexibility index (Phi) is 34.6. The summed E-state index contributed by atoms with van der Waals surface area (Å²) in [5, 5.41) is 24.2. The third-order valence-corrected chi connectivity index (χ3v) is 0. The molecular formula is C9H24NdO3. The van der Waals surface area contributed by atoms with Crippen molar-refractivity contribution in [3.8, 4) is 0 Å². The summed E-state index contributed by atoms with van der Waals surface area (Å²) in [5.41, 5.74) is 0. The molecule has 0 fully saturated rings. The minimum absolute atomic E-state index is 0. The van der Waals surface area contributed by atoms with Gasteiger partial charge in [-0.25, -0.2) is 0 Å². The van der Waals surface area contributed by atoms with Crippen LogP contribution in [0.25, 0.3) is 0 Å². The largest absolute Gasteiger partial charge is 0.394 e. The van der Waals surface area contributed by atoms with Gasteiger partial charge in [-0.15, -0.1) is 0 Å². The van der Waals surface area contributed by atoms with Crippen molar-refractivity contribution in [3.05, 3.63) is 0 Å². The van der Waals surface area contributed by atoms with Crippen molar-refractivity contribution in [3.63, 3.8) is 0 Å². The molecule has 0 aliphatic rings. The quantitative estimate of drug-likeness (QED) is 0.627. The van der Waals surface area contributed by atoms with Gasteiger partial charge in [0.1, 0.15) is 0 Å². The topological polar surface area (TPSA) is 60.7 Å². The molecule has 0 aromatic carbocycles. The van der Waals surface area contributed by atoms with Crippen LogP contribution in [0.1, 0.15) is 41.5 Å². The molecule has 0 unspecified atom stereocenters. The van der Waals surface area contributed by atoms with Crippen LogP contribution in [0.2, 0.25) is 0 Å². The molecule has 0 spiro atoms. The molecule has 0 aromatic rings. The Morgan fingerprint density at radius 3 is 0.538 bits per heavy atom. The SMILES string of the molecule is CC(C)O.CC(C)O.CC(C)O.[Nd]. The second kappa shape index (κ2) is 18.9. The van der Waals surface area contributed by atoms with E-state index in [1.165, 1.54) is 0 Å². The van der Waals surface area contributed by atoms with Crippen molar-refractivity contribution in [2.24, 2.45) is 0 Å². The second-order valence-electron chi connectivity index (χ2n) is 3.28. The first-order valence-corrected chi connectivity index (χ1v) is 4.24. The van der Waals surface area contributed by atoms with Crippen LogP contribution in [0, 0.1) is 40.8 Å². The van der Waals surface area contributed by atoms with E-state index < -0.39 is 0 Å². The maximum Gasteiger partial charge on any atom is 0.0483 e. The monoisotopic (exact) mass is 322 g/mol. The van der Waals surface area contributed by atoms with E-state index >= 15 is 0 Å². The predicted octanol–water partition coefficient (Wildman–Crippen LogP) is 1.16. The Hall–Kier alpha value is 1.23. The average Bonchev–Trinajstić information content (AvgIpc) is 1.54. The molecule has 4 heteroatoms. The van der Waals surface area contributed by atoms with Crippen molar-refractivity contribution in [1.82, 2.24) is 0 Å². The van der Waals surface area contributed by atoms with Gasteiger partial charge in [-0.05, 0) is 41.5 Å². The fraction of sp³-hybridized carbons (Fsp3) is 1.00. The Morgan fingerprint density at radius 1 is 0.538 bits per heavy atom. The summed E-state index contributed by atoms with van der Waals surface area (Å²) >= 11 is 0. The number of rotatable bonds is 0. The first-order valence-electron chi connectivity index (χ1n) is 4.24. The number of aliphatic hydroxyl groups excluding tert-OH is 3. The molecule has 3 N–H and O–H groups in total. The van der Waals surface area contributed by atoms with Crippen LogP contribution in [-0.4, -0.2) is 33.6 Å². The fourth-order valence-corrected chi connectivity index (χ4v) is 0. The molecule has 0 heterocycles. The molecule has 0 aliphatic heterocycles. The van der Waals surface area contributed by atoms with Gasteiger partial charge in [0.05, 0.1) is 0 Å². The normalized spacial score (nSPS) is 8.31. The molecule has 0 atom stereocenters. The van der Waals surface area contributed by atoms with Gasteiger partial charge < -0.3 is 15.3 Å². The zero-order chi connectivity index (χ0) is 10.7. The van der Waals surface area contributed by atoms with Crippen molar-refractivity contribution in [1.29, 1.82) is 0 Å². The maximum absolute atomic E-state index is 8.06. The molecule has 0 aliphatic carbocycles. The minimum Gasteiger partial charge on any atom is -0.394 e. The zero-order valence-corrected chi connectivity index (χ0v) is 12.8. The van der Waals surface area contributed by atoms with E-state index in [-0.39, 0.29) is 59.2 Å². The van der Waals surface area contributed by atoms with E-state index in [4.69, 9.17) is 15.3 Å². The van der Waals surface area contributed by atoms with Crippen LogP contribution in [0.5, 0.6) is 0 Å². The average molecular weight is 325 g/mol. The molecule has 0 radical (unpaired) electrons. The zero-order valence-electron chi connectivity index (χ0n) is 9.57.